The molecule has 1 aromatic heterocycles. The van der Waals surface area contributed by atoms with E-state index in [0.717, 1.165) is 24.9 Å². The molecule has 1 spiro atoms. The van der Waals surface area contributed by atoms with Crippen LogP contribution in [-0.4, -0.2) is 31.3 Å². The molecule has 2 heterocycles. The summed E-state index contributed by atoms with van der Waals surface area (Å²) in [4.78, 5) is 4.71. The number of furan rings is 1. The molecular weight excluding hydrogens is 290 g/mol. The van der Waals surface area contributed by atoms with Crippen LogP contribution in [0.4, 0.5) is 0 Å². The van der Waals surface area contributed by atoms with Crippen LogP contribution in [-0.2, 0) is 11.3 Å². The normalized spacial score (nSPS) is 31.9. The molecule has 2 aliphatic carbocycles. The average molecular weight is 317 g/mol. The maximum atomic E-state index is 6.07. The van der Waals surface area contributed by atoms with Crippen LogP contribution < -0.4 is 10.6 Å². The van der Waals surface area contributed by atoms with Gasteiger partial charge in [0, 0.05) is 30.5 Å². The summed E-state index contributed by atoms with van der Waals surface area (Å²) in [6.07, 6.45) is 8.63. The van der Waals surface area contributed by atoms with E-state index in [1.165, 1.54) is 32.1 Å². The van der Waals surface area contributed by atoms with E-state index in [4.69, 9.17) is 14.1 Å². The van der Waals surface area contributed by atoms with E-state index in [0.29, 0.717) is 30.0 Å². The molecule has 3 unspecified atom stereocenters. The van der Waals surface area contributed by atoms with Crippen LogP contribution in [0.1, 0.15) is 44.8 Å². The number of fused-ring (bicyclic) bond motifs is 2. The summed E-state index contributed by atoms with van der Waals surface area (Å²) >= 11 is 0. The van der Waals surface area contributed by atoms with E-state index < -0.39 is 0 Å². The highest BCUT2D eigenvalue weighted by Crippen LogP contribution is 2.60. The molecule has 0 aromatic carbocycles. The number of ether oxygens (including phenoxy) is 1. The van der Waals surface area contributed by atoms with Gasteiger partial charge in [-0.15, -0.1) is 0 Å². The molecule has 4 rings (SSSR count). The Hall–Kier alpha value is -1.49. The summed E-state index contributed by atoms with van der Waals surface area (Å²) in [5.41, 5.74) is 0.349. The number of hydrogen-bond acceptors (Lipinski definition) is 3. The second-order valence-electron chi connectivity index (χ2n) is 7.08. The van der Waals surface area contributed by atoms with Crippen molar-refractivity contribution in [2.24, 2.45) is 16.3 Å². The van der Waals surface area contributed by atoms with Gasteiger partial charge in [-0.3, -0.25) is 0 Å². The van der Waals surface area contributed by atoms with Gasteiger partial charge >= 0.3 is 0 Å². The van der Waals surface area contributed by atoms with E-state index in [2.05, 4.69) is 17.6 Å². The zero-order chi connectivity index (χ0) is 15.7. The number of nitrogens with zero attached hydrogens (tertiary/aromatic N) is 1. The first-order valence-corrected chi connectivity index (χ1v) is 9.02. The summed E-state index contributed by atoms with van der Waals surface area (Å²) in [6.45, 7) is 4.48. The summed E-state index contributed by atoms with van der Waals surface area (Å²) in [5, 5.41) is 7.13. The van der Waals surface area contributed by atoms with Gasteiger partial charge in [0.1, 0.15) is 12.3 Å². The highest BCUT2D eigenvalue weighted by molar-refractivity contribution is 5.80. The standard InChI is InChI=1S/C18H27N3O2/c1-2-19-17(20-12-13-6-5-10-22-13)21-15-14-7-11-23-16(14)18(15)8-3-4-9-18/h5-6,10,14-16H,2-4,7-9,11-12H2,1H3,(H2,19,20,21). The van der Waals surface area contributed by atoms with Gasteiger partial charge < -0.3 is 19.8 Å². The maximum Gasteiger partial charge on any atom is 0.191 e. The Morgan fingerprint density at radius 1 is 1.39 bits per heavy atom. The predicted molar refractivity (Wildman–Crippen MR) is 89.2 cm³/mol. The fraction of sp³-hybridized carbons (Fsp3) is 0.722. The fourth-order valence-corrected chi connectivity index (χ4v) is 4.93. The second-order valence-corrected chi connectivity index (χ2v) is 7.08. The Morgan fingerprint density at radius 2 is 2.26 bits per heavy atom. The van der Waals surface area contributed by atoms with Crippen molar-refractivity contribution in [3.8, 4) is 0 Å². The lowest BCUT2D eigenvalue weighted by molar-refractivity contribution is -0.125. The van der Waals surface area contributed by atoms with Gasteiger partial charge in [-0.05, 0) is 38.3 Å². The molecule has 5 nitrogen and oxygen atoms in total. The van der Waals surface area contributed by atoms with E-state index in [-0.39, 0.29) is 0 Å². The zero-order valence-electron chi connectivity index (χ0n) is 13.9. The zero-order valence-corrected chi connectivity index (χ0v) is 13.9. The van der Waals surface area contributed by atoms with Crippen molar-refractivity contribution >= 4 is 5.96 Å². The van der Waals surface area contributed by atoms with Crippen molar-refractivity contribution in [3.05, 3.63) is 24.2 Å². The number of hydrogen-bond donors (Lipinski definition) is 2. The smallest absolute Gasteiger partial charge is 0.191 e. The van der Waals surface area contributed by atoms with Crippen LogP contribution in [0.5, 0.6) is 0 Å². The number of nitrogens with one attached hydrogen (secondary N) is 2. The summed E-state index contributed by atoms with van der Waals surface area (Å²) in [5.74, 6) is 2.46. The fourth-order valence-electron chi connectivity index (χ4n) is 4.93. The number of guanidine groups is 1. The molecule has 23 heavy (non-hydrogen) atoms. The lowest BCUT2D eigenvalue weighted by Crippen LogP contribution is -2.69. The molecule has 1 saturated heterocycles. The molecule has 3 aliphatic rings. The maximum absolute atomic E-state index is 6.07. The second kappa shape index (κ2) is 6.19. The van der Waals surface area contributed by atoms with Gasteiger partial charge in [0.2, 0.25) is 0 Å². The number of aliphatic imine (C=N–C) groups is 1. The van der Waals surface area contributed by atoms with Crippen LogP contribution in [0.25, 0.3) is 0 Å². The third-order valence-electron chi connectivity index (χ3n) is 5.90. The Morgan fingerprint density at radius 3 is 3.00 bits per heavy atom. The summed E-state index contributed by atoms with van der Waals surface area (Å²) in [7, 11) is 0. The number of rotatable bonds is 4. The molecule has 0 radical (unpaired) electrons. The van der Waals surface area contributed by atoms with Crippen molar-refractivity contribution < 1.29 is 9.15 Å². The Balaban J connectivity index is 1.48. The summed E-state index contributed by atoms with van der Waals surface area (Å²) in [6, 6.07) is 4.38. The van der Waals surface area contributed by atoms with E-state index >= 15 is 0 Å². The average Bonchev–Trinajstić information content (AvgIpc) is 3.30. The Bertz CT molecular complexity index is 549. The van der Waals surface area contributed by atoms with Crippen LogP contribution in [0.3, 0.4) is 0 Å². The van der Waals surface area contributed by atoms with Gasteiger partial charge in [-0.1, -0.05) is 12.8 Å². The molecule has 3 fully saturated rings. The molecular formula is C18H27N3O2. The third kappa shape index (κ3) is 2.55. The largest absolute Gasteiger partial charge is 0.467 e. The lowest BCUT2D eigenvalue weighted by Gasteiger charge is -2.57. The van der Waals surface area contributed by atoms with Crippen LogP contribution in [0.2, 0.25) is 0 Å². The quantitative estimate of drug-likeness (QED) is 0.662. The van der Waals surface area contributed by atoms with Crippen molar-refractivity contribution in [2.45, 2.75) is 57.7 Å². The highest BCUT2D eigenvalue weighted by Gasteiger charge is 2.65. The summed E-state index contributed by atoms with van der Waals surface area (Å²) < 4.78 is 11.5. The van der Waals surface area contributed by atoms with Crippen molar-refractivity contribution in [1.29, 1.82) is 0 Å². The van der Waals surface area contributed by atoms with Crippen molar-refractivity contribution in [1.82, 2.24) is 10.6 Å². The Kier molecular flexibility index (Phi) is 4.05. The topological polar surface area (TPSA) is 58.8 Å². The van der Waals surface area contributed by atoms with Gasteiger partial charge in [0.15, 0.2) is 5.96 Å². The van der Waals surface area contributed by atoms with Crippen molar-refractivity contribution in [3.63, 3.8) is 0 Å². The minimum Gasteiger partial charge on any atom is -0.467 e. The monoisotopic (exact) mass is 317 g/mol. The van der Waals surface area contributed by atoms with Gasteiger partial charge in [-0.2, -0.15) is 0 Å². The predicted octanol–water partition coefficient (Wildman–Crippen LogP) is 2.68. The Labute approximate surface area is 137 Å². The molecule has 1 aromatic rings. The molecule has 2 N–H and O–H groups in total. The van der Waals surface area contributed by atoms with E-state index in [9.17, 15) is 0 Å². The minimum absolute atomic E-state index is 0.349. The third-order valence-corrected chi connectivity index (χ3v) is 5.90. The van der Waals surface area contributed by atoms with Crippen LogP contribution in [0, 0.1) is 11.3 Å². The molecule has 1 aliphatic heterocycles. The lowest BCUT2D eigenvalue weighted by atomic mass is 9.54. The molecule has 126 valence electrons. The molecule has 0 bridgehead atoms. The van der Waals surface area contributed by atoms with E-state index in [1.54, 1.807) is 6.26 Å². The van der Waals surface area contributed by atoms with Crippen LogP contribution >= 0.6 is 0 Å². The SMILES string of the molecule is CCNC(=NCc1ccco1)NC1C2CCOC2C12CCCC2. The molecule has 3 atom stereocenters. The van der Waals surface area contributed by atoms with Crippen molar-refractivity contribution in [2.75, 3.05) is 13.2 Å². The van der Waals surface area contributed by atoms with Gasteiger partial charge in [-0.25, -0.2) is 4.99 Å². The van der Waals surface area contributed by atoms with Gasteiger partial charge in [0.05, 0.1) is 12.4 Å². The molecule has 2 saturated carbocycles. The molecule has 0 amide bonds. The van der Waals surface area contributed by atoms with E-state index in [1.807, 2.05) is 12.1 Å². The minimum atomic E-state index is 0.349. The van der Waals surface area contributed by atoms with Gasteiger partial charge in [0.25, 0.3) is 0 Å². The first-order chi connectivity index (χ1) is 11.3. The first kappa shape index (κ1) is 15.1. The van der Waals surface area contributed by atoms with Crippen LogP contribution in [0.15, 0.2) is 27.8 Å². The first-order valence-electron chi connectivity index (χ1n) is 9.02. The molecule has 5 heteroatoms. The highest BCUT2D eigenvalue weighted by atomic mass is 16.5.